The van der Waals surface area contributed by atoms with Gasteiger partial charge in [-0.1, -0.05) is 29.3 Å². The average Bonchev–Trinajstić information content (AvgIpc) is 3.09. The van der Waals surface area contributed by atoms with Crippen molar-refractivity contribution in [2.24, 2.45) is 11.1 Å². The lowest BCUT2D eigenvalue weighted by Crippen LogP contribution is -2.27. The Bertz CT molecular complexity index is 658. The highest BCUT2D eigenvalue weighted by Gasteiger charge is 2.36. The van der Waals surface area contributed by atoms with Gasteiger partial charge in [0.2, 0.25) is 10.0 Å². The maximum Gasteiger partial charge on any atom is 0.251 e. The van der Waals surface area contributed by atoms with Crippen LogP contribution in [0, 0.1) is 12.8 Å². The second kappa shape index (κ2) is 5.46. The SMILES string of the molecule is CCC1CC1NC(=O)c1cc(Br)c(C)c(S(N)(=O)=O)c1. The van der Waals surface area contributed by atoms with E-state index >= 15 is 0 Å². The number of amides is 1. The molecule has 0 saturated heterocycles. The molecule has 2 unspecified atom stereocenters. The summed E-state index contributed by atoms with van der Waals surface area (Å²) in [4.78, 5) is 12.1. The van der Waals surface area contributed by atoms with Crippen LogP contribution in [0.3, 0.4) is 0 Å². The first-order valence-electron chi connectivity index (χ1n) is 6.37. The van der Waals surface area contributed by atoms with Crippen LogP contribution in [0.15, 0.2) is 21.5 Å². The molecule has 1 aromatic carbocycles. The van der Waals surface area contributed by atoms with Crippen LogP contribution in [0.25, 0.3) is 0 Å². The molecule has 0 radical (unpaired) electrons. The number of sulfonamides is 1. The van der Waals surface area contributed by atoms with Gasteiger partial charge in [0.25, 0.3) is 5.91 Å². The molecule has 1 amide bonds. The van der Waals surface area contributed by atoms with Crippen LogP contribution in [-0.4, -0.2) is 20.4 Å². The van der Waals surface area contributed by atoms with Crippen molar-refractivity contribution < 1.29 is 13.2 Å². The predicted octanol–water partition coefficient (Wildman–Crippen LogP) is 1.93. The monoisotopic (exact) mass is 360 g/mol. The minimum atomic E-state index is -3.85. The summed E-state index contributed by atoms with van der Waals surface area (Å²) in [7, 11) is -3.85. The second-order valence-electron chi connectivity index (χ2n) is 5.11. The molecule has 1 fully saturated rings. The molecule has 110 valence electrons. The number of benzene rings is 1. The fraction of sp³-hybridized carbons (Fsp3) is 0.462. The Morgan fingerprint density at radius 1 is 1.50 bits per heavy atom. The summed E-state index contributed by atoms with van der Waals surface area (Å²) in [6, 6.07) is 3.14. The van der Waals surface area contributed by atoms with Gasteiger partial charge >= 0.3 is 0 Å². The number of nitrogens with one attached hydrogen (secondary N) is 1. The van der Waals surface area contributed by atoms with E-state index in [1.54, 1.807) is 13.0 Å². The lowest BCUT2D eigenvalue weighted by molar-refractivity contribution is 0.0948. The number of carbonyl (C=O) groups excluding carboxylic acids is 1. The van der Waals surface area contributed by atoms with E-state index in [-0.39, 0.29) is 16.8 Å². The molecule has 1 aliphatic rings. The van der Waals surface area contributed by atoms with Gasteiger partial charge in [-0.05, 0) is 37.0 Å². The van der Waals surface area contributed by atoms with Crippen molar-refractivity contribution in [1.29, 1.82) is 0 Å². The maximum atomic E-state index is 12.1. The molecule has 0 aromatic heterocycles. The number of halogens is 1. The van der Waals surface area contributed by atoms with Crippen LogP contribution in [0.4, 0.5) is 0 Å². The van der Waals surface area contributed by atoms with Gasteiger partial charge in [0.05, 0.1) is 4.90 Å². The Kier molecular flexibility index (Phi) is 4.22. The Morgan fingerprint density at radius 3 is 2.65 bits per heavy atom. The zero-order valence-corrected chi connectivity index (χ0v) is 13.7. The third kappa shape index (κ3) is 3.21. The Hall–Kier alpha value is -0.920. The van der Waals surface area contributed by atoms with Gasteiger partial charge < -0.3 is 5.32 Å². The molecule has 20 heavy (non-hydrogen) atoms. The lowest BCUT2D eigenvalue weighted by atomic mass is 10.1. The molecule has 5 nitrogen and oxygen atoms in total. The van der Waals surface area contributed by atoms with E-state index in [0.29, 0.717) is 21.5 Å². The summed E-state index contributed by atoms with van der Waals surface area (Å²) in [5.74, 6) is 0.266. The second-order valence-corrected chi connectivity index (χ2v) is 7.49. The number of nitrogens with two attached hydrogens (primary N) is 1. The first-order valence-corrected chi connectivity index (χ1v) is 8.71. The highest BCUT2D eigenvalue weighted by atomic mass is 79.9. The van der Waals surface area contributed by atoms with Crippen LogP contribution >= 0.6 is 15.9 Å². The molecule has 1 aliphatic carbocycles. The molecule has 1 aromatic rings. The van der Waals surface area contributed by atoms with Crippen molar-refractivity contribution >= 4 is 31.9 Å². The minimum Gasteiger partial charge on any atom is -0.349 e. The molecular weight excluding hydrogens is 344 g/mol. The van der Waals surface area contributed by atoms with E-state index in [1.807, 2.05) is 0 Å². The zero-order valence-electron chi connectivity index (χ0n) is 11.3. The fourth-order valence-electron chi connectivity index (χ4n) is 2.21. The van der Waals surface area contributed by atoms with E-state index in [2.05, 4.69) is 28.2 Å². The lowest BCUT2D eigenvalue weighted by Gasteiger charge is -2.10. The standard InChI is InChI=1S/C13H17BrN2O3S/c1-3-8-5-11(8)16-13(17)9-4-10(14)7(2)12(6-9)20(15,18)19/h4,6,8,11H,3,5H2,1-2H3,(H,16,17)(H2,15,18,19). The van der Waals surface area contributed by atoms with Crippen molar-refractivity contribution in [3.8, 4) is 0 Å². The summed E-state index contributed by atoms with van der Waals surface area (Å²) < 4.78 is 23.6. The third-order valence-electron chi connectivity index (χ3n) is 3.63. The van der Waals surface area contributed by atoms with Gasteiger partial charge in [0.1, 0.15) is 0 Å². The number of hydrogen-bond donors (Lipinski definition) is 2. The van der Waals surface area contributed by atoms with Gasteiger partial charge in [0.15, 0.2) is 0 Å². The van der Waals surface area contributed by atoms with E-state index in [9.17, 15) is 13.2 Å². The topological polar surface area (TPSA) is 89.3 Å². The molecule has 3 N–H and O–H groups in total. The zero-order chi connectivity index (χ0) is 15.1. The van der Waals surface area contributed by atoms with Crippen molar-refractivity contribution in [3.63, 3.8) is 0 Å². The van der Waals surface area contributed by atoms with E-state index in [4.69, 9.17) is 5.14 Å². The van der Waals surface area contributed by atoms with Crippen molar-refractivity contribution in [2.75, 3.05) is 0 Å². The summed E-state index contributed by atoms with van der Waals surface area (Å²) in [6.45, 7) is 3.72. The average molecular weight is 361 g/mol. The number of carbonyl (C=O) groups is 1. The Morgan fingerprint density at radius 2 is 2.15 bits per heavy atom. The van der Waals surface area contributed by atoms with Crippen LogP contribution < -0.4 is 10.5 Å². The molecular formula is C13H17BrN2O3S. The van der Waals surface area contributed by atoms with Crippen molar-refractivity contribution in [2.45, 2.75) is 37.6 Å². The summed E-state index contributed by atoms with van der Waals surface area (Å²) >= 11 is 3.27. The number of hydrogen-bond acceptors (Lipinski definition) is 3. The Balaban J connectivity index is 2.29. The summed E-state index contributed by atoms with van der Waals surface area (Å²) in [5.41, 5.74) is 0.801. The number of primary sulfonamides is 1. The molecule has 0 bridgehead atoms. The van der Waals surface area contributed by atoms with Crippen molar-refractivity contribution in [3.05, 3.63) is 27.7 Å². The molecule has 1 saturated carbocycles. The van der Waals surface area contributed by atoms with Gasteiger partial charge in [-0.15, -0.1) is 0 Å². The van der Waals surface area contributed by atoms with Crippen LogP contribution in [0.5, 0.6) is 0 Å². The van der Waals surface area contributed by atoms with Crippen LogP contribution in [-0.2, 0) is 10.0 Å². The normalized spacial score (nSPS) is 21.6. The highest BCUT2D eigenvalue weighted by Crippen LogP contribution is 2.33. The molecule has 0 spiro atoms. The largest absolute Gasteiger partial charge is 0.349 e. The Labute approximate surface area is 127 Å². The molecule has 0 aliphatic heterocycles. The van der Waals surface area contributed by atoms with E-state index in [1.165, 1.54) is 6.07 Å². The summed E-state index contributed by atoms with van der Waals surface area (Å²) in [5, 5.41) is 8.07. The first kappa shape index (κ1) is 15.5. The smallest absolute Gasteiger partial charge is 0.251 e. The quantitative estimate of drug-likeness (QED) is 0.859. The van der Waals surface area contributed by atoms with Gasteiger partial charge in [-0.25, -0.2) is 13.6 Å². The molecule has 2 atom stereocenters. The van der Waals surface area contributed by atoms with E-state index < -0.39 is 10.0 Å². The van der Waals surface area contributed by atoms with E-state index in [0.717, 1.165) is 12.8 Å². The third-order valence-corrected chi connectivity index (χ3v) is 5.49. The van der Waals surface area contributed by atoms with Gasteiger partial charge in [0, 0.05) is 16.1 Å². The summed E-state index contributed by atoms with van der Waals surface area (Å²) in [6.07, 6.45) is 2.02. The number of rotatable bonds is 4. The van der Waals surface area contributed by atoms with Crippen LogP contribution in [0.2, 0.25) is 0 Å². The molecule has 2 rings (SSSR count). The molecule has 7 heteroatoms. The maximum absolute atomic E-state index is 12.1. The van der Waals surface area contributed by atoms with Crippen molar-refractivity contribution in [1.82, 2.24) is 5.32 Å². The minimum absolute atomic E-state index is 0.0279. The van der Waals surface area contributed by atoms with Crippen LogP contribution in [0.1, 0.15) is 35.7 Å². The first-order chi connectivity index (χ1) is 9.24. The fourth-order valence-corrected chi connectivity index (χ4v) is 3.63. The predicted molar refractivity (Wildman–Crippen MR) is 79.9 cm³/mol. The highest BCUT2D eigenvalue weighted by molar-refractivity contribution is 9.10. The molecule has 0 heterocycles. The van der Waals surface area contributed by atoms with Gasteiger partial charge in [-0.2, -0.15) is 0 Å². The van der Waals surface area contributed by atoms with Gasteiger partial charge in [-0.3, -0.25) is 4.79 Å².